The molecule has 1 saturated heterocycles. The second kappa shape index (κ2) is 15.3. The molecule has 0 spiro atoms. The van der Waals surface area contributed by atoms with Crippen LogP contribution in [0, 0.1) is 0 Å². The highest BCUT2D eigenvalue weighted by Gasteiger charge is 2.23. The van der Waals surface area contributed by atoms with Crippen molar-refractivity contribution in [3.63, 3.8) is 0 Å². The van der Waals surface area contributed by atoms with Crippen molar-refractivity contribution >= 4 is 29.0 Å². The number of hydrogen-bond donors (Lipinski definition) is 0. The Bertz CT molecular complexity index is 786. The fraction of sp³-hybridized carbons (Fsp3) is 0.519. The topological polar surface area (TPSA) is 18.8 Å². The minimum Gasteiger partial charge on any atom is -0.355 e. The average molecular weight is 479 g/mol. The molecule has 0 aliphatic carbocycles. The number of halogens is 2. The second-order valence-electron chi connectivity index (χ2n) is 8.23. The van der Waals surface area contributed by atoms with Gasteiger partial charge in [0.05, 0.1) is 12.2 Å². The fourth-order valence-electron chi connectivity index (χ4n) is 3.91. The molecule has 0 saturated carbocycles. The molecule has 1 aliphatic rings. The number of likely N-dealkylation sites (tertiary alicyclic amines) is 1. The molecule has 0 amide bonds. The molecule has 32 heavy (non-hydrogen) atoms. The zero-order valence-electron chi connectivity index (χ0n) is 20.6. The molecule has 178 valence electrons. The van der Waals surface area contributed by atoms with Gasteiger partial charge in [0.25, 0.3) is 0 Å². The smallest absolute Gasteiger partial charge is 0.119 e. The zero-order valence-corrected chi connectivity index (χ0v) is 22.1. The van der Waals surface area contributed by atoms with E-state index >= 15 is 0 Å². The molecule has 3 nitrogen and oxygen atoms in total. The van der Waals surface area contributed by atoms with Crippen LogP contribution in [0.5, 0.6) is 0 Å². The number of allylic oxidation sites excluding steroid dienone is 2. The number of amidine groups is 1. The quantitative estimate of drug-likeness (QED) is 0.156. The van der Waals surface area contributed by atoms with Gasteiger partial charge >= 0.3 is 0 Å². The van der Waals surface area contributed by atoms with Gasteiger partial charge in [-0.2, -0.15) is 0 Å². The number of benzene rings is 1. The lowest BCUT2D eigenvalue weighted by Crippen LogP contribution is -2.44. The van der Waals surface area contributed by atoms with Crippen LogP contribution in [0.15, 0.2) is 64.8 Å². The van der Waals surface area contributed by atoms with Crippen molar-refractivity contribution in [2.24, 2.45) is 4.99 Å². The maximum absolute atomic E-state index is 6.19. The van der Waals surface area contributed by atoms with Crippen LogP contribution in [0.2, 0.25) is 5.02 Å². The maximum atomic E-state index is 6.19. The van der Waals surface area contributed by atoms with Gasteiger partial charge in [0.2, 0.25) is 0 Å². The van der Waals surface area contributed by atoms with Gasteiger partial charge in [0.15, 0.2) is 0 Å². The molecule has 0 radical (unpaired) electrons. The van der Waals surface area contributed by atoms with E-state index in [1.807, 2.05) is 39.0 Å². The summed E-state index contributed by atoms with van der Waals surface area (Å²) in [5.74, 6) is 1.61. The first kappa shape index (κ1) is 28.5. The molecule has 1 aliphatic heterocycles. The Labute approximate surface area is 206 Å². The molecule has 0 N–H and O–H groups in total. The number of piperidine rings is 1. The molecule has 1 aromatic rings. The van der Waals surface area contributed by atoms with E-state index in [-0.39, 0.29) is 0 Å². The Hall–Kier alpha value is -1.55. The summed E-state index contributed by atoms with van der Waals surface area (Å²) < 4.78 is 0. The van der Waals surface area contributed by atoms with Gasteiger partial charge in [0.1, 0.15) is 5.84 Å². The van der Waals surface area contributed by atoms with Crippen molar-refractivity contribution in [3.8, 4) is 0 Å². The van der Waals surface area contributed by atoms with Gasteiger partial charge in [-0.25, -0.2) is 4.99 Å². The normalized spacial score (nSPS) is 15.7. The highest BCUT2D eigenvalue weighted by atomic mass is 35.5. The third kappa shape index (κ3) is 10.4. The second-order valence-corrected chi connectivity index (χ2v) is 9.27. The SMILES string of the molecule is C=C(C)CN(CCC)C(CN1CCC(c2cccc(Cl)c2)CC1)=NC(=C)/C=C(\C)Cl.CC. The van der Waals surface area contributed by atoms with Crippen molar-refractivity contribution in [2.75, 3.05) is 32.7 Å². The molecule has 0 aromatic heterocycles. The molecular formula is C27H41Cl2N3. The van der Waals surface area contributed by atoms with Crippen LogP contribution < -0.4 is 0 Å². The predicted octanol–water partition coefficient (Wildman–Crippen LogP) is 7.89. The summed E-state index contributed by atoms with van der Waals surface area (Å²) in [7, 11) is 0. The standard InChI is InChI=1S/C25H35Cl2N3.C2H6/c1-6-12-30(17-19(2)3)25(28-21(5)15-20(4)26)18-29-13-10-22(11-14-29)23-8-7-9-24(27)16-23;1-2/h7-9,15-16,22H,2,5-6,10-14,17-18H2,1,3-4H3;1-2H3/b20-15+,28-25?;. The van der Waals surface area contributed by atoms with Gasteiger partial charge in [-0.05, 0) is 75.9 Å². The van der Waals surface area contributed by atoms with Crippen molar-refractivity contribution in [1.29, 1.82) is 0 Å². The summed E-state index contributed by atoms with van der Waals surface area (Å²) in [6, 6.07) is 8.29. The maximum Gasteiger partial charge on any atom is 0.119 e. The summed E-state index contributed by atoms with van der Waals surface area (Å²) in [6.45, 7) is 22.9. The van der Waals surface area contributed by atoms with Crippen molar-refractivity contribution in [2.45, 2.75) is 59.8 Å². The van der Waals surface area contributed by atoms with Crippen molar-refractivity contribution < 1.29 is 0 Å². The number of rotatable bonds is 9. The molecule has 0 unspecified atom stereocenters. The van der Waals surface area contributed by atoms with Gasteiger partial charge < -0.3 is 4.90 Å². The van der Waals surface area contributed by atoms with E-state index in [9.17, 15) is 0 Å². The van der Waals surface area contributed by atoms with Gasteiger partial charge in [-0.3, -0.25) is 4.90 Å². The van der Waals surface area contributed by atoms with E-state index in [1.54, 1.807) is 0 Å². The van der Waals surface area contributed by atoms with Crippen LogP contribution in [-0.2, 0) is 0 Å². The Morgan fingerprint density at radius 1 is 1.22 bits per heavy atom. The van der Waals surface area contributed by atoms with Crippen LogP contribution >= 0.6 is 23.2 Å². The molecule has 1 aromatic carbocycles. The van der Waals surface area contributed by atoms with E-state index in [0.717, 1.165) is 68.4 Å². The summed E-state index contributed by atoms with van der Waals surface area (Å²) in [5.41, 5.74) is 3.17. The Balaban J connectivity index is 0.00000249. The Kier molecular flexibility index (Phi) is 13.6. The monoisotopic (exact) mass is 477 g/mol. The fourth-order valence-corrected chi connectivity index (χ4v) is 4.24. The largest absolute Gasteiger partial charge is 0.355 e. The van der Waals surface area contributed by atoms with Gasteiger partial charge in [-0.15, -0.1) is 0 Å². The van der Waals surface area contributed by atoms with Crippen molar-refractivity contribution in [3.05, 3.63) is 70.4 Å². The summed E-state index contributed by atoms with van der Waals surface area (Å²) in [6.07, 6.45) is 5.13. The van der Waals surface area contributed by atoms with Gasteiger partial charge in [-0.1, -0.05) is 74.8 Å². The van der Waals surface area contributed by atoms with E-state index in [0.29, 0.717) is 16.6 Å². The first-order valence-electron chi connectivity index (χ1n) is 11.8. The third-order valence-corrected chi connectivity index (χ3v) is 5.57. The van der Waals surface area contributed by atoms with E-state index < -0.39 is 0 Å². The summed E-state index contributed by atoms with van der Waals surface area (Å²) >= 11 is 12.2. The van der Waals surface area contributed by atoms with Crippen molar-refractivity contribution in [1.82, 2.24) is 9.80 Å². The summed E-state index contributed by atoms with van der Waals surface area (Å²) in [4.78, 5) is 9.68. The molecule has 0 atom stereocenters. The Morgan fingerprint density at radius 2 is 1.88 bits per heavy atom. The minimum atomic E-state index is 0.569. The third-order valence-electron chi connectivity index (χ3n) is 5.23. The first-order valence-corrected chi connectivity index (χ1v) is 12.5. The zero-order chi connectivity index (χ0) is 24.1. The summed E-state index contributed by atoms with van der Waals surface area (Å²) in [5, 5.41) is 1.51. The van der Waals surface area contributed by atoms with Crippen LogP contribution in [0.4, 0.5) is 0 Å². The van der Waals surface area contributed by atoms with E-state index in [1.165, 1.54) is 5.56 Å². The highest BCUT2D eigenvalue weighted by molar-refractivity contribution is 6.30. The number of hydrogen-bond acceptors (Lipinski definition) is 2. The first-order chi connectivity index (χ1) is 15.3. The average Bonchev–Trinajstić information content (AvgIpc) is 2.74. The highest BCUT2D eigenvalue weighted by Crippen LogP contribution is 2.29. The number of nitrogens with zero attached hydrogens (tertiary/aromatic N) is 3. The Morgan fingerprint density at radius 3 is 2.41 bits per heavy atom. The van der Waals surface area contributed by atoms with E-state index in [2.05, 4.69) is 48.9 Å². The van der Waals surface area contributed by atoms with Crippen LogP contribution in [-0.4, -0.2) is 48.4 Å². The lowest BCUT2D eigenvalue weighted by Gasteiger charge is -2.35. The predicted molar refractivity (Wildman–Crippen MR) is 144 cm³/mol. The molecule has 0 bridgehead atoms. The lowest BCUT2D eigenvalue weighted by atomic mass is 9.89. The van der Waals surface area contributed by atoms with Crippen LogP contribution in [0.25, 0.3) is 0 Å². The van der Waals surface area contributed by atoms with Crippen LogP contribution in [0.3, 0.4) is 0 Å². The molecule has 1 fully saturated rings. The molecular weight excluding hydrogens is 437 g/mol. The number of aliphatic imine (C=N–C) groups is 1. The van der Waals surface area contributed by atoms with E-state index in [4.69, 9.17) is 28.2 Å². The van der Waals surface area contributed by atoms with Gasteiger partial charge in [0, 0.05) is 23.1 Å². The van der Waals surface area contributed by atoms with Crippen LogP contribution in [0.1, 0.15) is 65.4 Å². The lowest BCUT2D eigenvalue weighted by molar-refractivity contribution is 0.231. The molecule has 5 heteroatoms. The molecule has 1 heterocycles. The minimum absolute atomic E-state index is 0.569. The molecule has 2 rings (SSSR count).